The lowest BCUT2D eigenvalue weighted by Gasteiger charge is -2.13. The van der Waals surface area contributed by atoms with Crippen LogP contribution in [-0.2, 0) is 12.7 Å². The molecule has 0 saturated carbocycles. The Morgan fingerprint density at radius 3 is 2.52 bits per heavy atom. The van der Waals surface area contributed by atoms with Crippen LogP contribution >= 0.6 is 11.6 Å². The minimum absolute atomic E-state index is 0.0715. The van der Waals surface area contributed by atoms with Gasteiger partial charge in [0, 0.05) is 17.3 Å². The molecular weight excluding hydrogens is 306 g/mol. The zero-order chi connectivity index (χ0) is 15.6. The van der Waals surface area contributed by atoms with Gasteiger partial charge in [0.05, 0.1) is 5.56 Å². The van der Waals surface area contributed by atoms with E-state index in [1.165, 1.54) is 0 Å². The van der Waals surface area contributed by atoms with Gasteiger partial charge >= 0.3 is 6.18 Å². The molecule has 0 unspecified atom stereocenters. The number of anilines is 1. The van der Waals surface area contributed by atoms with E-state index in [1.54, 1.807) is 25.1 Å². The smallest absolute Gasteiger partial charge is 0.381 e. The molecule has 6 heteroatoms. The van der Waals surface area contributed by atoms with Gasteiger partial charge in [-0.3, -0.25) is 0 Å². The maximum Gasteiger partial charge on any atom is 0.416 e. The average Bonchev–Trinajstić information content (AvgIpc) is 2.39. The van der Waals surface area contributed by atoms with Crippen molar-refractivity contribution in [3.63, 3.8) is 0 Å². The molecule has 2 aromatic rings. The number of hydrogen-bond donors (Lipinski definition) is 1. The topological polar surface area (TPSA) is 12.0 Å². The Morgan fingerprint density at radius 1 is 1.14 bits per heavy atom. The van der Waals surface area contributed by atoms with E-state index in [0.717, 1.165) is 17.7 Å². The van der Waals surface area contributed by atoms with Crippen molar-refractivity contribution in [1.82, 2.24) is 0 Å². The molecule has 0 saturated heterocycles. The number of benzene rings is 2. The summed E-state index contributed by atoms with van der Waals surface area (Å²) in [5.41, 5.74) is 0.691. The molecule has 0 fully saturated rings. The average molecular weight is 318 g/mol. The van der Waals surface area contributed by atoms with Gasteiger partial charge in [-0.25, -0.2) is 4.39 Å². The van der Waals surface area contributed by atoms with Crippen LogP contribution in [0.15, 0.2) is 36.4 Å². The first-order chi connectivity index (χ1) is 9.77. The van der Waals surface area contributed by atoms with E-state index in [2.05, 4.69) is 5.32 Å². The van der Waals surface area contributed by atoms with Crippen LogP contribution in [0.2, 0.25) is 5.02 Å². The number of rotatable bonds is 3. The zero-order valence-corrected chi connectivity index (χ0v) is 11.8. The van der Waals surface area contributed by atoms with E-state index in [4.69, 9.17) is 11.6 Å². The molecule has 21 heavy (non-hydrogen) atoms. The number of halogens is 5. The van der Waals surface area contributed by atoms with Crippen LogP contribution < -0.4 is 5.32 Å². The van der Waals surface area contributed by atoms with Gasteiger partial charge in [-0.1, -0.05) is 17.7 Å². The summed E-state index contributed by atoms with van der Waals surface area (Å²) >= 11 is 5.96. The lowest BCUT2D eigenvalue weighted by molar-refractivity contribution is -0.137. The first-order valence-corrected chi connectivity index (χ1v) is 6.51. The summed E-state index contributed by atoms with van der Waals surface area (Å²) in [7, 11) is 0. The van der Waals surface area contributed by atoms with Crippen LogP contribution in [0.25, 0.3) is 0 Å². The summed E-state index contributed by atoms with van der Waals surface area (Å²) in [6, 6.07) is 7.67. The molecule has 0 aliphatic carbocycles. The normalized spacial score (nSPS) is 11.5. The molecule has 2 aromatic carbocycles. The van der Waals surface area contributed by atoms with Gasteiger partial charge < -0.3 is 5.32 Å². The van der Waals surface area contributed by atoms with E-state index < -0.39 is 17.6 Å². The van der Waals surface area contributed by atoms with Crippen molar-refractivity contribution in [3.05, 3.63) is 63.9 Å². The molecule has 0 heterocycles. The second kappa shape index (κ2) is 5.93. The molecule has 0 amide bonds. The Labute approximate surface area is 124 Å². The largest absolute Gasteiger partial charge is 0.416 e. The van der Waals surface area contributed by atoms with Crippen LogP contribution in [0.4, 0.5) is 23.2 Å². The van der Waals surface area contributed by atoms with Gasteiger partial charge in [-0.2, -0.15) is 13.2 Å². The van der Waals surface area contributed by atoms with Crippen molar-refractivity contribution in [2.45, 2.75) is 19.6 Å². The third-order valence-corrected chi connectivity index (χ3v) is 3.45. The molecule has 0 radical (unpaired) electrons. The van der Waals surface area contributed by atoms with Gasteiger partial charge in [0.15, 0.2) is 0 Å². The first-order valence-electron chi connectivity index (χ1n) is 6.13. The molecule has 112 valence electrons. The summed E-state index contributed by atoms with van der Waals surface area (Å²) < 4.78 is 51.1. The maximum absolute atomic E-state index is 13.3. The fourth-order valence-corrected chi connectivity index (χ4v) is 2.09. The fourth-order valence-electron chi connectivity index (χ4n) is 1.91. The first kappa shape index (κ1) is 15.6. The zero-order valence-electron chi connectivity index (χ0n) is 11.1. The van der Waals surface area contributed by atoms with Crippen LogP contribution in [0, 0.1) is 12.7 Å². The second-order valence-corrected chi connectivity index (χ2v) is 5.02. The molecule has 1 nitrogen and oxygen atoms in total. The molecule has 1 N–H and O–H groups in total. The van der Waals surface area contributed by atoms with Gasteiger partial charge in [0.2, 0.25) is 0 Å². The van der Waals surface area contributed by atoms with E-state index in [9.17, 15) is 17.6 Å². The highest BCUT2D eigenvalue weighted by Gasteiger charge is 2.31. The van der Waals surface area contributed by atoms with Gasteiger partial charge in [0.1, 0.15) is 5.82 Å². The standard InChI is InChI=1S/C15H12ClF4N/c1-9-13(16)3-2-4-14(9)21-8-10-5-11(15(18,19)20)7-12(17)6-10/h2-7,21H,8H2,1H3. The van der Waals surface area contributed by atoms with E-state index in [0.29, 0.717) is 16.8 Å². The number of alkyl halides is 3. The molecule has 0 aliphatic heterocycles. The van der Waals surface area contributed by atoms with E-state index in [1.807, 2.05) is 0 Å². The molecule has 0 aromatic heterocycles. The highest BCUT2D eigenvalue weighted by Crippen LogP contribution is 2.31. The lowest BCUT2D eigenvalue weighted by atomic mass is 10.1. The van der Waals surface area contributed by atoms with Crippen molar-refractivity contribution in [2.75, 3.05) is 5.32 Å². The minimum Gasteiger partial charge on any atom is -0.381 e. The minimum atomic E-state index is -4.57. The van der Waals surface area contributed by atoms with Crippen molar-refractivity contribution >= 4 is 17.3 Å². The lowest BCUT2D eigenvalue weighted by Crippen LogP contribution is -2.08. The third kappa shape index (κ3) is 3.88. The molecule has 0 spiro atoms. The Bertz CT molecular complexity index is 653. The molecule has 2 rings (SSSR count). The maximum atomic E-state index is 13.3. The highest BCUT2D eigenvalue weighted by molar-refractivity contribution is 6.31. The third-order valence-electron chi connectivity index (χ3n) is 3.04. The molecule has 0 atom stereocenters. The quantitative estimate of drug-likeness (QED) is 0.745. The second-order valence-electron chi connectivity index (χ2n) is 4.61. The number of nitrogens with one attached hydrogen (secondary N) is 1. The van der Waals surface area contributed by atoms with Crippen LogP contribution in [0.3, 0.4) is 0 Å². The van der Waals surface area contributed by atoms with Crippen molar-refractivity contribution < 1.29 is 17.6 Å². The SMILES string of the molecule is Cc1c(Cl)cccc1NCc1cc(F)cc(C(F)(F)F)c1. The molecule has 0 aliphatic rings. The van der Waals surface area contributed by atoms with Crippen LogP contribution in [0.1, 0.15) is 16.7 Å². The fraction of sp³-hybridized carbons (Fsp3) is 0.200. The Kier molecular flexibility index (Phi) is 4.42. The van der Waals surface area contributed by atoms with E-state index >= 15 is 0 Å². The van der Waals surface area contributed by atoms with Gasteiger partial charge in [-0.15, -0.1) is 0 Å². The Morgan fingerprint density at radius 2 is 1.86 bits per heavy atom. The number of hydrogen-bond acceptors (Lipinski definition) is 1. The molecular formula is C15H12ClF4N. The van der Waals surface area contributed by atoms with Gasteiger partial charge in [0.25, 0.3) is 0 Å². The predicted octanol–water partition coefficient (Wildman–Crippen LogP) is 5.42. The summed E-state index contributed by atoms with van der Waals surface area (Å²) in [4.78, 5) is 0. The Hall–Kier alpha value is -1.75. The summed E-state index contributed by atoms with van der Waals surface area (Å²) in [6.45, 7) is 1.86. The monoisotopic (exact) mass is 317 g/mol. The Balaban J connectivity index is 2.21. The molecule has 0 bridgehead atoms. The highest BCUT2D eigenvalue weighted by atomic mass is 35.5. The summed E-state index contributed by atoms with van der Waals surface area (Å²) in [5.74, 6) is -0.913. The van der Waals surface area contributed by atoms with E-state index in [-0.39, 0.29) is 12.1 Å². The van der Waals surface area contributed by atoms with Crippen LogP contribution in [0.5, 0.6) is 0 Å². The van der Waals surface area contributed by atoms with Crippen LogP contribution in [-0.4, -0.2) is 0 Å². The van der Waals surface area contributed by atoms with Crippen molar-refractivity contribution in [3.8, 4) is 0 Å². The van der Waals surface area contributed by atoms with Crippen molar-refractivity contribution in [1.29, 1.82) is 0 Å². The van der Waals surface area contributed by atoms with Gasteiger partial charge in [-0.05, 0) is 48.4 Å². The van der Waals surface area contributed by atoms with Crippen molar-refractivity contribution in [2.24, 2.45) is 0 Å². The summed E-state index contributed by atoms with van der Waals surface area (Å²) in [5, 5.41) is 3.51. The summed E-state index contributed by atoms with van der Waals surface area (Å²) in [6.07, 6.45) is -4.57. The predicted molar refractivity (Wildman–Crippen MR) is 74.9 cm³/mol.